The van der Waals surface area contributed by atoms with Gasteiger partial charge in [0.15, 0.2) is 5.82 Å². The molecular weight excluding hydrogens is 340 g/mol. The van der Waals surface area contributed by atoms with Gasteiger partial charge in [-0.3, -0.25) is 15.0 Å². The lowest BCUT2D eigenvalue weighted by molar-refractivity contribution is 0.0342. The number of benzene rings is 1. The first kappa shape index (κ1) is 16.2. The van der Waals surface area contributed by atoms with E-state index in [-0.39, 0.29) is 0 Å². The normalized spacial score (nSPS) is 15.4. The lowest BCUT2D eigenvalue weighted by Gasteiger charge is -2.26. The number of pyridine rings is 1. The van der Waals surface area contributed by atoms with Crippen molar-refractivity contribution >= 4 is 11.0 Å². The Morgan fingerprint density at radius 3 is 2.89 bits per heavy atom. The van der Waals surface area contributed by atoms with Gasteiger partial charge in [-0.15, -0.1) is 0 Å². The third-order valence-electron chi connectivity index (χ3n) is 4.90. The average Bonchev–Trinajstić information content (AvgIpc) is 3.36. The highest BCUT2D eigenvalue weighted by Gasteiger charge is 2.15. The largest absolute Gasteiger partial charge is 0.379 e. The second kappa shape index (κ2) is 6.94. The number of H-pyrrole nitrogens is 2. The van der Waals surface area contributed by atoms with Crippen molar-refractivity contribution in [1.82, 2.24) is 30.0 Å². The molecule has 0 radical (unpaired) electrons. The molecule has 0 unspecified atom stereocenters. The lowest BCUT2D eigenvalue weighted by Crippen LogP contribution is -2.35. The van der Waals surface area contributed by atoms with Crippen LogP contribution in [0.25, 0.3) is 33.7 Å². The summed E-state index contributed by atoms with van der Waals surface area (Å²) in [5.41, 5.74) is 6.11. The molecule has 0 spiro atoms. The van der Waals surface area contributed by atoms with Gasteiger partial charge in [0.25, 0.3) is 0 Å². The van der Waals surface area contributed by atoms with Gasteiger partial charge in [-0.05, 0) is 23.8 Å². The van der Waals surface area contributed by atoms with Gasteiger partial charge in [0.2, 0.25) is 0 Å². The number of ether oxygens (including phenoxy) is 1. The molecular formula is C20H20N6O. The van der Waals surface area contributed by atoms with E-state index in [1.165, 1.54) is 5.56 Å². The van der Waals surface area contributed by atoms with E-state index in [2.05, 4.69) is 43.3 Å². The summed E-state index contributed by atoms with van der Waals surface area (Å²) in [6.07, 6.45) is 5.40. The predicted octanol–water partition coefficient (Wildman–Crippen LogP) is 2.85. The van der Waals surface area contributed by atoms with Crippen LogP contribution in [0, 0.1) is 0 Å². The van der Waals surface area contributed by atoms with Gasteiger partial charge in [0, 0.05) is 43.2 Å². The third-order valence-corrected chi connectivity index (χ3v) is 4.90. The second-order valence-electron chi connectivity index (χ2n) is 6.73. The van der Waals surface area contributed by atoms with E-state index in [0.717, 1.165) is 66.5 Å². The minimum atomic E-state index is 0.782. The Bertz CT molecular complexity index is 1050. The Labute approximate surface area is 156 Å². The highest BCUT2D eigenvalue weighted by atomic mass is 16.5. The number of hydrogen-bond acceptors (Lipinski definition) is 5. The van der Waals surface area contributed by atoms with Gasteiger partial charge in [0.05, 0.1) is 30.4 Å². The molecule has 7 heteroatoms. The van der Waals surface area contributed by atoms with Crippen LogP contribution in [0.2, 0.25) is 0 Å². The first-order valence-electron chi connectivity index (χ1n) is 9.10. The van der Waals surface area contributed by atoms with Crippen LogP contribution in [0.3, 0.4) is 0 Å². The molecule has 27 heavy (non-hydrogen) atoms. The molecule has 4 heterocycles. The highest BCUT2D eigenvalue weighted by Crippen LogP contribution is 2.29. The molecule has 1 aliphatic rings. The SMILES string of the molecule is c1cncc(-c2cn[nH]c2-c2nc3ccc(CN4CCOCC4)cc3[nH]2)c1. The molecule has 0 saturated carbocycles. The Morgan fingerprint density at radius 2 is 2.04 bits per heavy atom. The zero-order chi connectivity index (χ0) is 18.1. The first-order chi connectivity index (χ1) is 13.4. The molecule has 136 valence electrons. The number of rotatable bonds is 4. The van der Waals surface area contributed by atoms with Crippen molar-refractivity contribution in [3.8, 4) is 22.6 Å². The molecule has 1 aromatic carbocycles. The van der Waals surface area contributed by atoms with Crippen LogP contribution in [-0.2, 0) is 11.3 Å². The summed E-state index contributed by atoms with van der Waals surface area (Å²) in [6, 6.07) is 10.3. The summed E-state index contributed by atoms with van der Waals surface area (Å²) in [4.78, 5) is 14.8. The van der Waals surface area contributed by atoms with E-state index in [4.69, 9.17) is 9.72 Å². The van der Waals surface area contributed by atoms with Gasteiger partial charge in [-0.1, -0.05) is 12.1 Å². The van der Waals surface area contributed by atoms with Gasteiger partial charge >= 0.3 is 0 Å². The molecule has 4 aromatic rings. The van der Waals surface area contributed by atoms with E-state index >= 15 is 0 Å². The van der Waals surface area contributed by atoms with Crippen LogP contribution in [0.15, 0.2) is 48.9 Å². The smallest absolute Gasteiger partial charge is 0.157 e. The van der Waals surface area contributed by atoms with Crippen LogP contribution in [0.1, 0.15) is 5.56 Å². The van der Waals surface area contributed by atoms with Crippen molar-refractivity contribution < 1.29 is 4.74 Å². The lowest BCUT2D eigenvalue weighted by atomic mass is 10.1. The number of aromatic nitrogens is 5. The maximum atomic E-state index is 5.43. The Balaban J connectivity index is 1.46. The quantitative estimate of drug-likeness (QED) is 0.585. The summed E-state index contributed by atoms with van der Waals surface area (Å²) >= 11 is 0. The molecule has 7 nitrogen and oxygen atoms in total. The number of aromatic amines is 2. The molecule has 2 N–H and O–H groups in total. The maximum absolute atomic E-state index is 5.43. The fraction of sp³-hybridized carbons (Fsp3) is 0.250. The van der Waals surface area contributed by atoms with Crippen LogP contribution in [-0.4, -0.2) is 56.4 Å². The summed E-state index contributed by atoms with van der Waals surface area (Å²) in [5.74, 6) is 0.782. The number of nitrogens with one attached hydrogen (secondary N) is 2. The van der Waals surface area contributed by atoms with E-state index in [9.17, 15) is 0 Å². The first-order valence-corrected chi connectivity index (χ1v) is 9.10. The van der Waals surface area contributed by atoms with Gasteiger partial charge in [-0.25, -0.2) is 4.98 Å². The van der Waals surface area contributed by atoms with Crippen LogP contribution in [0.4, 0.5) is 0 Å². The molecule has 1 aliphatic heterocycles. The summed E-state index contributed by atoms with van der Waals surface area (Å²) in [7, 11) is 0. The predicted molar refractivity (Wildman–Crippen MR) is 103 cm³/mol. The monoisotopic (exact) mass is 360 g/mol. The molecule has 0 bridgehead atoms. The summed E-state index contributed by atoms with van der Waals surface area (Å²) < 4.78 is 5.43. The molecule has 1 saturated heterocycles. The van der Waals surface area contributed by atoms with E-state index in [0.29, 0.717) is 0 Å². The minimum absolute atomic E-state index is 0.782. The van der Waals surface area contributed by atoms with Crippen LogP contribution in [0.5, 0.6) is 0 Å². The van der Waals surface area contributed by atoms with E-state index < -0.39 is 0 Å². The fourth-order valence-corrected chi connectivity index (χ4v) is 3.50. The molecule has 0 atom stereocenters. The van der Waals surface area contributed by atoms with Crippen molar-refractivity contribution in [3.63, 3.8) is 0 Å². The van der Waals surface area contributed by atoms with Crippen LogP contribution < -0.4 is 0 Å². The van der Waals surface area contributed by atoms with Crippen molar-refractivity contribution in [2.24, 2.45) is 0 Å². The van der Waals surface area contributed by atoms with Crippen molar-refractivity contribution in [3.05, 3.63) is 54.5 Å². The molecule has 1 fully saturated rings. The summed E-state index contributed by atoms with van der Waals surface area (Å²) in [5, 5.41) is 7.28. The van der Waals surface area contributed by atoms with E-state index in [1.807, 2.05) is 24.5 Å². The number of hydrogen-bond donors (Lipinski definition) is 2. The number of imidazole rings is 1. The molecule has 0 aliphatic carbocycles. The zero-order valence-electron chi connectivity index (χ0n) is 14.9. The molecule has 3 aromatic heterocycles. The standard InChI is InChI=1S/C20H20N6O/c1-2-15(11-21-5-1)16-12-22-25-19(16)20-23-17-4-3-14(10-18(17)24-20)13-26-6-8-27-9-7-26/h1-5,10-12H,6-9,13H2,(H,22,25)(H,23,24). The number of morpholine rings is 1. The number of fused-ring (bicyclic) bond motifs is 1. The topological polar surface area (TPSA) is 82.7 Å². The maximum Gasteiger partial charge on any atom is 0.157 e. The number of nitrogens with zero attached hydrogens (tertiary/aromatic N) is 4. The Morgan fingerprint density at radius 1 is 1.11 bits per heavy atom. The van der Waals surface area contributed by atoms with Gasteiger partial charge < -0.3 is 9.72 Å². The highest BCUT2D eigenvalue weighted by molar-refractivity contribution is 5.83. The zero-order valence-corrected chi connectivity index (χ0v) is 14.9. The van der Waals surface area contributed by atoms with Gasteiger partial charge in [-0.2, -0.15) is 5.10 Å². The van der Waals surface area contributed by atoms with Crippen molar-refractivity contribution in [2.45, 2.75) is 6.54 Å². The molecule has 0 amide bonds. The van der Waals surface area contributed by atoms with Crippen molar-refractivity contribution in [2.75, 3.05) is 26.3 Å². The van der Waals surface area contributed by atoms with Gasteiger partial charge in [0.1, 0.15) is 5.69 Å². The fourth-order valence-electron chi connectivity index (χ4n) is 3.50. The van der Waals surface area contributed by atoms with Crippen LogP contribution >= 0.6 is 0 Å². The average molecular weight is 360 g/mol. The summed E-state index contributed by atoms with van der Waals surface area (Å²) in [6.45, 7) is 4.52. The van der Waals surface area contributed by atoms with Crippen molar-refractivity contribution in [1.29, 1.82) is 0 Å². The Kier molecular flexibility index (Phi) is 4.16. The Hall–Kier alpha value is -3.03. The second-order valence-corrected chi connectivity index (χ2v) is 6.73. The molecule has 5 rings (SSSR count). The van der Waals surface area contributed by atoms with E-state index in [1.54, 1.807) is 6.20 Å². The third kappa shape index (κ3) is 3.22. The minimum Gasteiger partial charge on any atom is -0.379 e.